The van der Waals surface area contributed by atoms with Crippen molar-refractivity contribution in [2.45, 2.75) is 51.5 Å². The van der Waals surface area contributed by atoms with Crippen molar-refractivity contribution in [1.82, 2.24) is 0 Å². The van der Waals surface area contributed by atoms with Crippen LogP contribution in [0.2, 0.25) is 5.02 Å². The molecule has 0 aromatic heterocycles. The van der Waals surface area contributed by atoms with Crippen LogP contribution in [0.1, 0.15) is 43.9 Å². The Labute approximate surface area is 186 Å². The van der Waals surface area contributed by atoms with Crippen LogP contribution in [0.4, 0.5) is 5.69 Å². The van der Waals surface area contributed by atoms with E-state index in [0.29, 0.717) is 12.0 Å². The zero-order chi connectivity index (χ0) is 21.1. The molecule has 0 bridgehead atoms. The van der Waals surface area contributed by atoms with Gasteiger partial charge in [0, 0.05) is 28.7 Å². The van der Waals surface area contributed by atoms with Crippen molar-refractivity contribution in [3.05, 3.63) is 101 Å². The first-order valence-electron chi connectivity index (χ1n) is 11.1. The summed E-state index contributed by atoms with van der Waals surface area (Å²) in [4.78, 5) is 2.64. The number of rotatable bonds is 7. The summed E-state index contributed by atoms with van der Waals surface area (Å²) in [6, 6.07) is 28.8. The number of anilines is 1. The molecule has 3 aromatic carbocycles. The molecule has 0 saturated carbocycles. The highest BCUT2D eigenvalue weighted by molar-refractivity contribution is 6.30. The average molecular weight is 418 g/mol. The van der Waals surface area contributed by atoms with E-state index in [4.69, 9.17) is 11.6 Å². The molecule has 0 saturated heterocycles. The van der Waals surface area contributed by atoms with Crippen LogP contribution in [0.5, 0.6) is 0 Å². The van der Waals surface area contributed by atoms with Gasteiger partial charge in [0.25, 0.3) is 0 Å². The molecule has 0 unspecified atom stereocenters. The van der Waals surface area contributed by atoms with E-state index in [-0.39, 0.29) is 5.41 Å². The molecule has 1 aliphatic rings. The van der Waals surface area contributed by atoms with Crippen molar-refractivity contribution >= 4 is 17.3 Å². The number of nitrogens with zero attached hydrogens (tertiary/aromatic N) is 1. The van der Waals surface area contributed by atoms with Crippen molar-refractivity contribution in [3.8, 4) is 0 Å². The van der Waals surface area contributed by atoms with E-state index in [1.165, 1.54) is 28.8 Å². The number of fused-ring (bicyclic) bond motifs is 1. The Hall–Kier alpha value is -2.25. The van der Waals surface area contributed by atoms with Crippen molar-refractivity contribution in [1.29, 1.82) is 0 Å². The van der Waals surface area contributed by atoms with E-state index in [9.17, 15) is 0 Å². The summed E-state index contributed by atoms with van der Waals surface area (Å²) in [5, 5.41) is 0.831. The van der Waals surface area contributed by atoms with Crippen molar-refractivity contribution in [2.24, 2.45) is 5.92 Å². The van der Waals surface area contributed by atoms with E-state index in [2.05, 4.69) is 105 Å². The maximum Gasteiger partial charge on any atom is 0.0410 e. The van der Waals surface area contributed by atoms with Gasteiger partial charge in [-0.05, 0) is 67.0 Å². The third kappa shape index (κ3) is 4.14. The van der Waals surface area contributed by atoms with Gasteiger partial charge in [-0.25, -0.2) is 0 Å². The predicted octanol–water partition coefficient (Wildman–Crippen LogP) is 7.32. The summed E-state index contributed by atoms with van der Waals surface area (Å²) in [5.41, 5.74) is 5.52. The standard InChI is InChI=1S/C28H32ClN/c1-21(2)16-17-30-22(3)28(19-23-10-6-4-7-11-23,20-24-12-8-5-9-13-24)26-18-25(29)14-15-27(26)30/h4-15,18,21-22H,16-17,19-20H2,1-3H3/t22-/m1/s1. The smallest absolute Gasteiger partial charge is 0.0410 e. The molecule has 0 spiro atoms. The lowest BCUT2D eigenvalue weighted by Gasteiger charge is -2.38. The van der Waals surface area contributed by atoms with Gasteiger partial charge in [0.15, 0.2) is 0 Å². The van der Waals surface area contributed by atoms with Crippen molar-refractivity contribution < 1.29 is 0 Å². The third-order valence-corrected chi connectivity index (χ3v) is 6.98. The minimum atomic E-state index is -0.0140. The van der Waals surface area contributed by atoms with Crippen LogP contribution in [0.25, 0.3) is 0 Å². The second-order valence-electron chi connectivity index (χ2n) is 9.19. The highest BCUT2D eigenvalue weighted by Gasteiger charge is 2.48. The maximum absolute atomic E-state index is 6.56. The molecule has 2 heteroatoms. The number of hydrogen-bond donors (Lipinski definition) is 0. The van der Waals surface area contributed by atoms with Crippen LogP contribution in [-0.4, -0.2) is 12.6 Å². The fourth-order valence-electron chi connectivity index (χ4n) is 5.07. The normalized spacial score (nSPS) is 17.4. The molecule has 0 aliphatic carbocycles. The van der Waals surface area contributed by atoms with E-state index < -0.39 is 0 Å². The van der Waals surface area contributed by atoms with Crippen LogP contribution >= 0.6 is 11.6 Å². The molecule has 1 nitrogen and oxygen atoms in total. The monoisotopic (exact) mass is 417 g/mol. The van der Waals surface area contributed by atoms with Crippen LogP contribution in [0, 0.1) is 5.92 Å². The second kappa shape index (κ2) is 8.86. The molecule has 156 valence electrons. The molecule has 0 radical (unpaired) electrons. The van der Waals surface area contributed by atoms with Gasteiger partial charge in [-0.3, -0.25) is 0 Å². The van der Waals surface area contributed by atoms with E-state index in [1.54, 1.807) is 0 Å². The molecule has 30 heavy (non-hydrogen) atoms. The first-order chi connectivity index (χ1) is 14.5. The lowest BCUT2D eigenvalue weighted by atomic mass is 9.68. The molecule has 1 aliphatic heterocycles. The predicted molar refractivity (Wildman–Crippen MR) is 130 cm³/mol. The first kappa shape index (κ1) is 21.0. The Bertz CT molecular complexity index is 923. The Balaban J connectivity index is 1.83. The number of benzene rings is 3. The van der Waals surface area contributed by atoms with Gasteiger partial charge >= 0.3 is 0 Å². The summed E-state index contributed by atoms with van der Waals surface area (Å²) in [6.07, 6.45) is 3.21. The van der Waals surface area contributed by atoms with E-state index in [0.717, 1.165) is 24.4 Å². The Morgan fingerprint density at radius 2 is 1.43 bits per heavy atom. The highest BCUT2D eigenvalue weighted by atomic mass is 35.5. The first-order valence-corrected chi connectivity index (χ1v) is 11.5. The Morgan fingerprint density at radius 1 is 0.867 bits per heavy atom. The van der Waals surface area contributed by atoms with Crippen LogP contribution in [0.15, 0.2) is 78.9 Å². The minimum absolute atomic E-state index is 0.0140. The van der Waals surface area contributed by atoms with Gasteiger partial charge in [0.05, 0.1) is 0 Å². The lowest BCUT2D eigenvalue weighted by molar-refractivity contribution is 0.358. The zero-order valence-electron chi connectivity index (χ0n) is 18.3. The van der Waals surface area contributed by atoms with E-state index in [1.807, 2.05) is 0 Å². The summed E-state index contributed by atoms with van der Waals surface area (Å²) in [7, 11) is 0. The van der Waals surface area contributed by atoms with Crippen LogP contribution in [0.3, 0.4) is 0 Å². The fourth-order valence-corrected chi connectivity index (χ4v) is 5.24. The average Bonchev–Trinajstić information content (AvgIpc) is 2.95. The SMILES string of the molecule is CC(C)CCN1c2ccc(Cl)cc2C(Cc2ccccc2)(Cc2ccccc2)[C@H]1C. The van der Waals surface area contributed by atoms with Crippen molar-refractivity contribution in [3.63, 3.8) is 0 Å². The van der Waals surface area contributed by atoms with Gasteiger partial charge in [0.1, 0.15) is 0 Å². The zero-order valence-corrected chi connectivity index (χ0v) is 19.1. The topological polar surface area (TPSA) is 3.24 Å². The fraction of sp³-hybridized carbons (Fsp3) is 0.357. The molecule has 0 N–H and O–H groups in total. The van der Waals surface area contributed by atoms with Gasteiger partial charge in [-0.2, -0.15) is 0 Å². The van der Waals surface area contributed by atoms with Gasteiger partial charge < -0.3 is 4.90 Å². The summed E-state index contributed by atoms with van der Waals surface area (Å²) in [5.74, 6) is 0.686. The maximum atomic E-state index is 6.56. The summed E-state index contributed by atoms with van der Waals surface area (Å²) < 4.78 is 0. The number of hydrogen-bond acceptors (Lipinski definition) is 1. The largest absolute Gasteiger partial charge is 0.368 e. The number of halogens is 1. The summed E-state index contributed by atoms with van der Waals surface area (Å²) >= 11 is 6.56. The third-order valence-electron chi connectivity index (χ3n) is 6.74. The van der Waals surface area contributed by atoms with Gasteiger partial charge in [-0.15, -0.1) is 0 Å². The highest BCUT2D eigenvalue weighted by Crippen LogP contribution is 2.50. The van der Waals surface area contributed by atoms with Crippen LogP contribution in [-0.2, 0) is 18.3 Å². The lowest BCUT2D eigenvalue weighted by Crippen LogP contribution is -2.46. The Kier molecular flexibility index (Phi) is 6.20. The summed E-state index contributed by atoms with van der Waals surface area (Å²) in [6.45, 7) is 8.12. The van der Waals surface area contributed by atoms with E-state index >= 15 is 0 Å². The second-order valence-corrected chi connectivity index (χ2v) is 9.63. The van der Waals surface area contributed by atoms with Gasteiger partial charge in [-0.1, -0.05) is 86.1 Å². The minimum Gasteiger partial charge on any atom is -0.368 e. The van der Waals surface area contributed by atoms with Gasteiger partial charge in [0.2, 0.25) is 0 Å². The molecular weight excluding hydrogens is 386 g/mol. The molecule has 4 rings (SSSR count). The molecular formula is C28H32ClN. The molecule has 3 aromatic rings. The Morgan fingerprint density at radius 3 is 1.97 bits per heavy atom. The molecule has 0 amide bonds. The molecule has 0 fully saturated rings. The van der Waals surface area contributed by atoms with Crippen molar-refractivity contribution in [2.75, 3.05) is 11.4 Å². The molecule has 1 atom stereocenters. The van der Waals surface area contributed by atoms with Crippen LogP contribution < -0.4 is 4.90 Å². The molecule has 1 heterocycles. The quantitative estimate of drug-likeness (QED) is 0.389.